The molecule has 3 nitrogen and oxygen atoms in total. The summed E-state index contributed by atoms with van der Waals surface area (Å²) in [4.78, 5) is 10.4. The number of anilines is 1. The van der Waals surface area contributed by atoms with Gasteiger partial charge >= 0.3 is 0 Å². The summed E-state index contributed by atoms with van der Waals surface area (Å²) in [5, 5.41) is 0. The summed E-state index contributed by atoms with van der Waals surface area (Å²) in [6.45, 7) is 0. The lowest BCUT2D eigenvalue weighted by molar-refractivity contribution is 0.660. The molecule has 1 aliphatic carbocycles. The minimum Gasteiger partial charge on any atom is -0.383 e. The maximum Gasteiger partial charge on any atom is 0.141 e. The largest absolute Gasteiger partial charge is 0.383 e. The molecule has 0 spiro atoms. The number of aromatic nitrogens is 2. The van der Waals surface area contributed by atoms with Gasteiger partial charge < -0.3 is 5.73 Å². The standard InChI is InChI=1S/C15H17N3S/c16-15-12-8-4-5-9-13(12)17-14(18-15)10-19-11-6-2-1-3-7-11/h1-3,6-7H,4-5,8-10H2,(H2,16,17,18). The molecule has 4 heteroatoms. The first-order valence-corrected chi connectivity index (χ1v) is 7.63. The zero-order valence-corrected chi connectivity index (χ0v) is 11.6. The van der Waals surface area contributed by atoms with Crippen LogP contribution in [-0.4, -0.2) is 9.97 Å². The number of hydrogen-bond acceptors (Lipinski definition) is 4. The van der Waals surface area contributed by atoms with E-state index in [1.807, 2.05) is 18.2 Å². The van der Waals surface area contributed by atoms with E-state index < -0.39 is 0 Å². The molecule has 19 heavy (non-hydrogen) atoms. The van der Waals surface area contributed by atoms with E-state index in [0.717, 1.165) is 24.4 Å². The number of thioether (sulfide) groups is 1. The Morgan fingerprint density at radius 1 is 1.05 bits per heavy atom. The van der Waals surface area contributed by atoms with E-state index in [9.17, 15) is 0 Å². The van der Waals surface area contributed by atoms with Crippen molar-refractivity contribution in [2.24, 2.45) is 0 Å². The number of fused-ring (bicyclic) bond motifs is 1. The summed E-state index contributed by atoms with van der Waals surface area (Å²) in [6.07, 6.45) is 4.51. The van der Waals surface area contributed by atoms with Crippen LogP contribution in [0, 0.1) is 0 Å². The minimum atomic E-state index is 0.688. The van der Waals surface area contributed by atoms with Crippen molar-refractivity contribution in [3.8, 4) is 0 Å². The Hall–Kier alpha value is -1.55. The second kappa shape index (κ2) is 5.61. The zero-order valence-electron chi connectivity index (χ0n) is 10.8. The Morgan fingerprint density at radius 3 is 2.68 bits per heavy atom. The SMILES string of the molecule is Nc1nc(CSc2ccccc2)nc2c1CCCC2. The van der Waals surface area contributed by atoms with Gasteiger partial charge in [0.1, 0.15) is 11.6 Å². The first kappa shape index (κ1) is 12.5. The Labute approximate surface area is 117 Å². The molecule has 0 bridgehead atoms. The van der Waals surface area contributed by atoms with E-state index in [1.165, 1.54) is 29.0 Å². The van der Waals surface area contributed by atoms with Crippen molar-refractivity contribution in [2.45, 2.75) is 36.3 Å². The van der Waals surface area contributed by atoms with Crippen LogP contribution in [0.1, 0.15) is 29.9 Å². The molecule has 1 aliphatic rings. The molecule has 0 saturated carbocycles. The number of hydrogen-bond donors (Lipinski definition) is 1. The molecule has 0 aliphatic heterocycles. The van der Waals surface area contributed by atoms with Gasteiger partial charge in [-0.15, -0.1) is 11.8 Å². The summed E-state index contributed by atoms with van der Waals surface area (Å²) in [5.74, 6) is 2.32. The number of nitrogen functional groups attached to an aromatic ring is 1. The highest BCUT2D eigenvalue weighted by atomic mass is 32.2. The number of nitrogens with two attached hydrogens (primary N) is 1. The van der Waals surface area contributed by atoms with Gasteiger partial charge in [0, 0.05) is 16.2 Å². The van der Waals surface area contributed by atoms with E-state index >= 15 is 0 Å². The highest BCUT2D eigenvalue weighted by Crippen LogP contribution is 2.26. The first-order valence-electron chi connectivity index (χ1n) is 6.65. The summed E-state index contributed by atoms with van der Waals surface area (Å²) in [5.41, 5.74) is 8.40. The van der Waals surface area contributed by atoms with Gasteiger partial charge in [-0.05, 0) is 37.8 Å². The maximum atomic E-state index is 6.05. The quantitative estimate of drug-likeness (QED) is 0.871. The van der Waals surface area contributed by atoms with Crippen molar-refractivity contribution in [1.82, 2.24) is 9.97 Å². The van der Waals surface area contributed by atoms with Gasteiger partial charge in [-0.1, -0.05) is 18.2 Å². The van der Waals surface area contributed by atoms with E-state index in [-0.39, 0.29) is 0 Å². The first-order chi connectivity index (χ1) is 9.33. The fourth-order valence-electron chi connectivity index (χ4n) is 2.41. The molecule has 3 rings (SSSR count). The zero-order chi connectivity index (χ0) is 13.1. The normalized spacial score (nSPS) is 14.1. The Morgan fingerprint density at radius 2 is 1.84 bits per heavy atom. The van der Waals surface area contributed by atoms with Crippen LogP contribution in [0.5, 0.6) is 0 Å². The second-order valence-corrected chi connectivity index (χ2v) is 5.81. The molecule has 98 valence electrons. The highest BCUT2D eigenvalue weighted by Gasteiger charge is 2.15. The molecular weight excluding hydrogens is 254 g/mol. The summed E-state index contributed by atoms with van der Waals surface area (Å²) in [6, 6.07) is 10.3. The molecule has 1 aromatic carbocycles. The minimum absolute atomic E-state index is 0.688. The Kier molecular flexibility index (Phi) is 3.69. The molecule has 0 radical (unpaired) electrons. The van der Waals surface area contributed by atoms with E-state index in [2.05, 4.69) is 22.1 Å². The van der Waals surface area contributed by atoms with Crippen LogP contribution >= 0.6 is 11.8 Å². The number of aryl methyl sites for hydroxylation is 1. The van der Waals surface area contributed by atoms with E-state index in [1.54, 1.807) is 11.8 Å². The summed E-state index contributed by atoms with van der Waals surface area (Å²) >= 11 is 1.75. The van der Waals surface area contributed by atoms with Crippen LogP contribution < -0.4 is 5.73 Å². The predicted octanol–water partition coefficient (Wildman–Crippen LogP) is 3.23. The topological polar surface area (TPSA) is 51.8 Å². The van der Waals surface area contributed by atoms with E-state index in [0.29, 0.717) is 5.82 Å². The lowest BCUT2D eigenvalue weighted by atomic mass is 9.96. The van der Waals surface area contributed by atoms with Crippen LogP contribution in [0.4, 0.5) is 5.82 Å². The molecule has 0 saturated heterocycles. The van der Waals surface area contributed by atoms with Crippen molar-refractivity contribution in [3.05, 3.63) is 47.4 Å². The molecule has 1 heterocycles. The third-order valence-electron chi connectivity index (χ3n) is 3.37. The van der Waals surface area contributed by atoms with Crippen molar-refractivity contribution >= 4 is 17.6 Å². The molecule has 2 aromatic rings. The average molecular weight is 271 g/mol. The third kappa shape index (κ3) is 2.89. The second-order valence-electron chi connectivity index (χ2n) is 4.76. The fourth-order valence-corrected chi connectivity index (χ4v) is 3.18. The lowest BCUT2D eigenvalue weighted by Gasteiger charge is -2.17. The van der Waals surface area contributed by atoms with Crippen molar-refractivity contribution in [2.75, 3.05) is 5.73 Å². The maximum absolute atomic E-state index is 6.05. The average Bonchev–Trinajstić information content (AvgIpc) is 2.46. The molecule has 0 fully saturated rings. The van der Waals surface area contributed by atoms with Crippen LogP contribution in [0.2, 0.25) is 0 Å². The van der Waals surface area contributed by atoms with Gasteiger partial charge in [0.2, 0.25) is 0 Å². The van der Waals surface area contributed by atoms with Gasteiger partial charge in [-0.2, -0.15) is 0 Å². The van der Waals surface area contributed by atoms with Crippen LogP contribution in [0.3, 0.4) is 0 Å². The fraction of sp³-hybridized carbons (Fsp3) is 0.333. The van der Waals surface area contributed by atoms with Crippen molar-refractivity contribution in [3.63, 3.8) is 0 Å². The third-order valence-corrected chi connectivity index (χ3v) is 4.38. The van der Waals surface area contributed by atoms with Crippen molar-refractivity contribution in [1.29, 1.82) is 0 Å². The predicted molar refractivity (Wildman–Crippen MR) is 79.1 cm³/mol. The van der Waals surface area contributed by atoms with Crippen LogP contribution in [0.25, 0.3) is 0 Å². The molecule has 0 unspecified atom stereocenters. The molecular formula is C15H17N3S. The van der Waals surface area contributed by atoms with Crippen LogP contribution in [-0.2, 0) is 18.6 Å². The van der Waals surface area contributed by atoms with Gasteiger partial charge in [0.25, 0.3) is 0 Å². The van der Waals surface area contributed by atoms with Crippen molar-refractivity contribution < 1.29 is 0 Å². The Bertz CT molecular complexity index is 569. The van der Waals surface area contributed by atoms with E-state index in [4.69, 9.17) is 5.73 Å². The highest BCUT2D eigenvalue weighted by molar-refractivity contribution is 7.98. The number of rotatable bonds is 3. The summed E-state index contributed by atoms with van der Waals surface area (Å²) < 4.78 is 0. The Balaban J connectivity index is 1.76. The molecule has 0 amide bonds. The monoisotopic (exact) mass is 271 g/mol. The molecule has 0 atom stereocenters. The van der Waals surface area contributed by atoms with Gasteiger partial charge in [-0.25, -0.2) is 9.97 Å². The van der Waals surface area contributed by atoms with Gasteiger partial charge in [-0.3, -0.25) is 0 Å². The van der Waals surface area contributed by atoms with Crippen LogP contribution in [0.15, 0.2) is 35.2 Å². The number of benzene rings is 1. The lowest BCUT2D eigenvalue weighted by Crippen LogP contribution is -2.12. The molecule has 2 N–H and O–H groups in total. The molecule has 1 aromatic heterocycles. The smallest absolute Gasteiger partial charge is 0.141 e. The number of nitrogens with zero attached hydrogens (tertiary/aromatic N) is 2. The summed E-state index contributed by atoms with van der Waals surface area (Å²) in [7, 11) is 0. The van der Waals surface area contributed by atoms with Gasteiger partial charge in [0.05, 0.1) is 5.75 Å². The van der Waals surface area contributed by atoms with Gasteiger partial charge in [0.15, 0.2) is 0 Å².